The molecule has 0 atom stereocenters. The van der Waals surface area contributed by atoms with Gasteiger partial charge in [0.2, 0.25) is 0 Å². The summed E-state index contributed by atoms with van der Waals surface area (Å²) in [5.74, 6) is 0.458. The van der Waals surface area contributed by atoms with Gasteiger partial charge in [-0.3, -0.25) is 9.67 Å². The number of aliphatic hydroxyl groups is 1. The lowest BCUT2D eigenvalue weighted by atomic mass is 9.81. The summed E-state index contributed by atoms with van der Waals surface area (Å²) >= 11 is 0. The van der Waals surface area contributed by atoms with Crippen molar-refractivity contribution < 1.29 is 5.11 Å². The molecule has 3 rings (SSSR count). The fraction of sp³-hybridized carbons (Fsp3) is 0.429. The third kappa shape index (κ3) is 2.04. The highest BCUT2D eigenvalue weighted by molar-refractivity contribution is 5.56. The van der Waals surface area contributed by atoms with Gasteiger partial charge in [0.05, 0.1) is 17.9 Å². The topological polar surface area (TPSA) is 50.9 Å². The summed E-state index contributed by atoms with van der Waals surface area (Å²) in [7, 11) is 0. The van der Waals surface area contributed by atoms with E-state index in [4.69, 9.17) is 5.11 Å². The summed E-state index contributed by atoms with van der Waals surface area (Å²) in [6, 6.07) is 4.53. The van der Waals surface area contributed by atoms with Crippen LogP contribution in [0.15, 0.2) is 30.7 Å². The summed E-state index contributed by atoms with van der Waals surface area (Å²) < 4.78 is 2.00. The van der Waals surface area contributed by atoms with E-state index in [1.807, 2.05) is 30.1 Å². The van der Waals surface area contributed by atoms with Crippen LogP contribution in [0.4, 0.5) is 0 Å². The van der Waals surface area contributed by atoms with Gasteiger partial charge in [-0.2, -0.15) is 5.10 Å². The number of aliphatic hydroxyl groups excluding tert-OH is 1. The van der Waals surface area contributed by atoms with Crippen molar-refractivity contribution in [2.45, 2.75) is 25.8 Å². The maximum absolute atomic E-state index is 9.02. The van der Waals surface area contributed by atoms with Crippen LogP contribution in [0.25, 0.3) is 11.3 Å². The molecule has 18 heavy (non-hydrogen) atoms. The van der Waals surface area contributed by atoms with Gasteiger partial charge in [-0.15, -0.1) is 0 Å². The quantitative estimate of drug-likeness (QED) is 0.899. The van der Waals surface area contributed by atoms with Gasteiger partial charge < -0.3 is 5.11 Å². The van der Waals surface area contributed by atoms with Crippen LogP contribution < -0.4 is 0 Å². The summed E-state index contributed by atoms with van der Waals surface area (Å²) in [6.45, 7) is 2.33. The van der Waals surface area contributed by atoms with Crippen molar-refractivity contribution in [2.24, 2.45) is 5.92 Å². The van der Waals surface area contributed by atoms with Crippen molar-refractivity contribution in [1.29, 1.82) is 0 Å². The molecule has 1 aliphatic carbocycles. The Morgan fingerprint density at radius 3 is 2.83 bits per heavy atom. The Morgan fingerprint density at radius 2 is 2.17 bits per heavy atom. The van der Waals surface area contributed by atoms with Gasteiger partial charge in [-0.1, -0.05) is 6.07 Å². The third-order valence-electron chi connectivity index (χ3n) is 3.65. The molecule has 1 N–H and O–H groups in total. The van der Waals surface area contributed by atoms with Crippen molar-refractivity contribution in [3.05, 3.63) is 36.3 Å². The number of aromatic nitrogens is 3. The Balaban J connectivity index is 1.76. The lowest BCUT2D eigenvalue weighted by molar-refractivity contribution is 0.105. The van der Waals surface area contributed by atoms with Gasteiger partial charge in [-0.25, -0.2) is 0 Å². The van der Waals surface area contributed by atoms with Crippen molar-refractivity contribution in [1.82, 2.24) is 14.8 Å². The van der Waals surface area contributed by atoms with Gasteiger partial charge in [0.25, 0.3) is 0 Å². The number of aryl methyl sites for hydroxylation is 1. The molecule has 1 saturated carbocycles. The van der Waals surface area contributed by atoms with Gasteiger partial charge in [-0.05, 0) is 37.3 Å². The highest BCUT2D eigenvalue weighted by Gasteiger charge is 2.30. The molecule has 4 nitrogen and oxygen atoms in total. The van der Waals surface area contributed by atoms with E-state index in [9.17, 15) is 0 Å². The van der Waals surface area contributed by atoms with Crippen molar-refractivity contribution >= 4 is 0 Å². The average Bonchev–Trinajstić information content (AvgIpc) is 2.78. The van der Waals surface area contributed by atoms with Crippen LogP contribution in [-0.2, 0) is 0 Å². The molecule has 0 aliphatic heterocycles. The number of pyridine rings is 1. The lowest BCUT2D eigenvalue weighted by Gasteiger charge is -2.33. The predicted octanol–water partition coefficient (Wildman–Crippen LogP) is 2.20. The molecule has 0 saturated heterocycles. The second kappa shape index (κ2) is 4.53. The first kappa shape index (κ1) is 11.4. The molecule has 0 spiro atoms. The SMILES string of the molecule is Cc1ccc(-c2cnn(C3CC(CO)C3)c2)nc1. The number of hydrogen-bond donors (Lipinski definition) is 1. The van der Waals surface area contributed by atoms with Crippen LogP contribution >= 0.6 is 0 Å². The molecule has 0 aromatic carbocycles. The minimum atomic E-state index is 0.296. The van der Waals surface area contributed by atoms with E-state index in [1.165, 1.54) is 0 Å². The average molecular weight is 243 g/mol. The highest BCUT2D eigenvalue weighted by atomic mass is 16.3. The number of hydrogen-bond acceptors (Lipinski definition) is 3. The zero-order chi connectivity index (χ0) is 12.5. The fourth-order valence-corrected chi connectivity index (χ4v) is 2.37. The number of nitrogens with zero attached hydrogens (tertiary/aromatic N) is 3. The Bertz CT molecular complexity index is 526. The summed E-state index contributed by atoms with van der Waals surface area (Å²) in [6.07, 6.45) is 7.84. The third-order valence-corrected chi connectivity index (χ3v) is 3.65. The molecule has 2 aromatic heterocycles. The Morgan fingerprint density at radius 1 is 1.33 bits per heavy atom. The van der Waals surface area contributed by atoms with Crippen LogP contribution in [0.3, 0.4) is 0 Å². The molecule has 4 heteroatoms. The van der Waals surface area contributed by atoms with Crippen LogP contribution in [0.5, 0.6) is 0 Å². The van der Waals surface area contributed by atoms with E-state index in [-0.39, 0.29) is 0 Å². The van der Waals surface area contributed by atoms with Crippen molar-refractivity contribution in [3.8, 4) is 11.3 Å². The van der Waals surface area contributed by atoms with Crippen molar-refractivity contribution in [2.75, 3.05) is 6.61 Å². The zero-order valence-corrected chi connectivity index (χ0v) is 10.5. The Hall–Kier alpha value is -1.68. The van der Waals surface area contributed by atoms with Gasteiger partial charge in [0.1, 0.15) is 0 Å². The predicted molar refractivity (Wildman–Crippen MR) is 69.0 cm³/mol. The maximum Gasteiger partial charge on any atom is 0.0733 e. The standard InChI is InChI=1S/C14H17N3O/c1-10-2-3-14(15-6-10)12-7-16-17(8-12)13-4-11(5-13)9-18/h2-3,6-8,11,13,18H,4-5,9H2,1H3. The maximum atomic E-state index is 9.02. The first-order valence-electron chi connectivity index (χ1n) is 6.34. The minimum Gasteiger partial charge on any atom is -0.396 e. The smallest absolute Gasteiger partial charge is 0.0733 e. The molecular weight excluding hydrogens is 226 g/mol. The summed E-state index contributed by atoms with van der Waals surface area (Å²) in [4.78, 5) is 4.40. The summed E-state index contributed by atoms with van der Waals surface area (Å²) in [5, 5.41) is 13.4. The van der Waals surface area contributed by atoms with E-state index in [0.29, 0.717) is 18.6 Å². The van der Waals surface area contributed by atoms with Gasteiger partial charge in [0, 0.05) is 24.6 Å². The second-order valence-corrected chi connectivity index (χ2v) is 5.10. The van der Waals surface area contributed by atoms with Gasteiger partial charge >= 0.3 is 0 Å². The normalized spacial score (nSPS) is 22.8. The minimum absolute atomic E-state index is 0.296. The molecule has 94 valence electrons. The van der Waals surface area contributed by atoms with E-state index >= 15 is 0 Å². The van der Waals surface area contributed by atoms with E-state index in [0.717, 1.165) is 29.7 Å². The van der Waals surface area contributed by atoms with Crippen LogP contribution in [0, 0.1) is 12.8 Å². The molecule has 2 aromatic rings. The Kier molecular flexibility index (Phi) is 2.88. The fourth-order valence-electron chi connectivity index (χ4n) is 2.37. The second-order valence-electron chi connectivity index (χ2n) is 5.10. The zero-order valence-electron chi connectivity index (χ0n) is 10.5. The van der Waals surface area contributed by atoms with Gasteiger partial charge in [0.15, 0.2) is 0 Å². The molecule has 0 unspecified atom stereocenters. The highest BCUT2D eigenvalue weighted by Crippen LogP contribution is 2.37. The molecule has 1 fully saturated rings. The van der Waals surface area contributed by atoms with E-state index in [1.54, 1.807) is 0 Å². The van der Waals surface area contributed by atoms with E-state index in [2.05, 4.69) is 22.3 Å². The van der Waals surface area contributed by atoms with E-state index < -0.39 is 0 Å². The molecule has 0 bridgehead atoms. The van der Waals surface area contributed by atoms with Crippen LogP contribution in [0.1, 0.15) is 24.4 Å². The number of rotatable bonds is 3. The molecule has 1 aliphatic rings. The molecular formula is C14H17N3O. The first-order valence-corrected chi connectivity index (χ1v) is 6.34. The first-order chi connectivity index (χ1) is 8.76. The lowest BCUT2D eigenvalue weighted by Crippen LogP contribution is -2.29. The van der Waals surface area contributed by atoms with Crippen molar-refractivity contribution in [3.63, 3.8) is 0 Å². The molecule has 2 heterocycles. The molecule has 0 amide bonds. The largest absolute Gasteiger partial charge is 0.396 e. The Labute approximate surface area is 106 Å². The van der Waals surface area contributed by atoms with Crippen LogP contribution in [-0.4, -0.2) is 26.5 Å². The summed E-state index contributed by atoms with van der Waals surface area (Å²) in [5.41, 5.74) is 3.18. The molecule has 0 radical (unpaired) electrons. The van der Waals surface area contributed by atoms with Crippen LogP contribution in [0.2, 0.25) is 0 Å². The monoisotopic (exact) mass is 243 g/mol.